The summed E-state index contributed by atoms with van der Waals surface area (Å²) in [5.74, 6) is 2.99. The van der Waals surface area contributed by atoms with Crippen LogP contribution < -0.4 is 14.2 Å². The van der Waals surface area contributed by atoms with Gasteiger partial charge in [-0.25, -0.2) is 0 Å². The van der Waals surface area contributed by atoms with Gasteiger partial charge in [0.1, 0.15) is 34.5 Å². The molecule has 7 rings (SSSR count). The Kier molecular flexibility index (Phi) is 15.3. The quantitative estimate of drug-likeness (QED) is 0.163. The molecule has 0 radical (unpaired) electrons. The lowest BCUT2D eigenvalue weighted by atomic mass is 9.79. The molecule has 1 aliphatic carbocycles. The van der Waals surface area contributed by atoms with Gasteiger partial charge in [0.2, 0.25) is 0 Å². The summed E-state index contributed by atoms with van der Waals surface area (Å²) in [4.78, 5) is 0. The van der Waals surface area contributed by atoms with Gasteiger partial charge in [-0.2, -0.15) is 0 Å². The van der Waals surface area contributed by atoms with Crippen LogP contribution in [0.1, 0.15) is 225 Å². The Hall–Kier alpha value is -5.88. The standard InChI is InChI=1S/C69H90O6/c1-64(2,3)52-28-40-22-41-29-53(65(4,5)6)31-43(59(41)71)24-48-36-56(68(13,14)15)38-50(62(48)74-20)27-51-39-57(69(16,17)18)37-49(63(51)75-21)26-45-33-54(66(7,8)9)32-44(60(45)72)25-47-35-55(67(10,11)12)34-46(61(47)73-19)23-42(30-52)58(40)70/h28-39,70-72H,22-27H2,1-21H3. The number of ether oxygens (including phenoxy) is 3. The van der Waals surface area contributed by atoms with E-state index in [9.17, 15) is 15.3 Å². The van der Waals surface area contributed by atoms with E-state index in [-0.39, 0.29) is 49.7 Å². The van der Waals surface area contributed by atoms with Crippen molar-refractivity contribution in [2.75, 3.05) is 21.3 Å². The molecule has 402 valence electrons. The number of aromatic hydroxyl groups is 3. The molecule has 1 aliphatic rings. The average Bonchev–Trinajstić information content (AvgIpc) is 3.27. The molecule has 0 heterocycles. The summed E-state index contributed by atoms with van der Waals surface area (Å²) in [7, 11) is 5.24. The highest BCUT2D eigenvalue weighted by molar-refractivity contribution is 5.61. The van der Waals surface area contributed by atoms with E-state index in [0.29, 0.717) is 38.5 Å². The Morgan fingerprint density at radius 2 is 0.360 bits per heavy atom. The minimum atomic E-state index is -0.249. The van der Waals surface area contributed by atoms with E-state index < -0.39 is 0 Å². The number of phenolic OH excluding ortho intramolecular Hbond substituents is 3. The normalized spacial score (nSPS) is 14.0. The van der Waals surface area contributed by atoms with Gasteiger partial charge >= 0.3 is 0 Å². The molecule has 75 heavy (non-hydrogen) atoms. The summed E-state index contributed by atoms with van der Waals surface area (Å²) in [6.07, 6.45) is 2.53. The second-order valence-electron chi connectivity index (χ2n) is 28.0. The summed E-state index contributed by atoms with van der Waals surface area (Å²) >= 11 is 0. The zero-order valence-electron chi connectivity index (χ0n) is 49.7. The largest absolute Gasteiger partial charge is 0.507 e. The first kappa shape index (κ1) is 56.8. The van der Waals surface area contributed by atoms with Crippen LogP contribution in [0.5, 0.6) is 34.5 Å². The van der Waals surface area contributed by atoms with Gasteiger partial charge in [0.25, 0.3) is 0 Å². The molecule has 0 aromatic heterocycles. The van der Waals surface area contributed by atoms with Crippen LogP contribution in [0.15, 0.2) is 72.8 Å². The third-order valence-electron chi connectivity index (χ3n) is 15.6. The Bertz CT molecular complexity index is 3120. The first-order chi connectivity index (χ1) is 34.5. The van der Waals surface area contributed by atoms with Gasteiger partial charge in [-0.05, 0) is 133 Å². The molecular weight excluding hydrogens is 925 g/mol. The van der Waals surface area contributed by atoms with Crippen LogP contribution in [0.4, 0.5) is 0 Å². The summed E-state index contributed by atoms with van der Waals surface area (Å²) in [5.41, 5.74) is 16.1. The van der Waals surface area contributed by atoms with Crippen molar-refractivity contribution in [3.8, 4) is 34.5 Å². The minimum absolute atomic E-state index is 0.202. The Morgan fingerprint density at radius 1 is 0.240 bits per heavy atom. The molecule has 0 saturated carbocycles. The second kappa shape index (κ2) is 20.2. The number of fused-ring (bicyclic) bond motifs is 12. The van der Waals surface area contributed by atoms with Gasteiger partial charge in [-0.15, -0.1) is 0 Å². The molecule has 0 amide bonds. The number of benzene rings is 6. The fraction of sp³-hybridized carbons (Fsp3) is 0.478. The van der Waals surface area contributed by atoms with E-state index in [1.54, 1.807) is 21.3 Å². The Morgan fingerprint density at radius 3 is 0.493 bits per heavy atom. The molecule has 6 aromatic rings. The maximum absolute atomic E-state index is 12.7. The number of rotatable bonds is 3. The van der Waals surface area contributed by atoms with Crippen molar-refractivity contribution in [3.05, 3.63) is 173 Å². The molecule has 0 aliphatic heterocycles. The molecule has 0 atom stereocenters. The third-order valence-corrected chi connectivity index (χ3v) is 15.6. The topological polar surface area (TPSA) is 88.4 Å². The van der Waals surface area contributed by atoms with E-state index in [1.165, 1.54) is 5.56 Å². The molecule has 3 N–H and O–H groups in total. The van der Waals surface area contributed by atoms with Crippen LogP contribution in [-0.2, 0) is 71.0 Å². The predicted octanol–water partition coefficient (Wildman–Crippen LogP) is 16.5. The van der Waals surface area contributed by atoms with Gasteiger partial charge < -0.3 is 29.5 Å². The summed E-state index contributed by atoms with van der Waals surface area (Å²) in [6.45, 7) is 40.1. The summed E-state index contributed by atoms with van der Waals surface area (Å²) in [6, 6.07) is 26.5. The molecular formula is C69H90O6. The first-order valence-corrected chi connectivity index (χ1v) is 27.2. The van der Waals surface area contributed by atoms with Crippen molar-refractivity contribution in [1.29, 1.82) is 0 Å². The summed E-state index contributed by atoms with van der Waals surface area (Å²) in [5, 5.41) is 38.1. The van der Waals surface area contributed by atoms with Gasteiger partial charge in [0, 0.05) is 38.5 Å². The van der Waals surface area contributed by atoms with Crippen LogP contribution in [0.3, 0.4) is 0 Å². The number of hydrogen-bond donors (Lipinski definition) is 3. The SMILES string of the molecule is COc1c2cc(C(C)(C)C)cc1Cc1cc(C(C)(C)C)cc(c1O)Cc1cc(C(C)(C)C)cc(c1OC)Cc1cc(C(C)(C)C)cc(c1OC)Cc1cc(C(C)(C)C)cc(c1O)Cc1cc(C(C)(C)C)cc(c1O)C2. The number of methoxy groups -OCH3 is 3. The van der Waals surface area contributed by atoms with Gasteiger partial charge in [0.15, 0.2) is 0 Å². The Labute approximate surface area is 451 Å². The second-order valence-corrected chi connectivity index (χ2v) is 28.0. The van der Waals surface area contributed by atoms with Crippen molar-refractivity contribution >= 4 is 0 Å². The zero-order valence-corrected chi connectivity index (χ0v) is 49.7. The minimum Gasteiger partial charge on any atom is -0.507 e. The van der Waals surface area contributed by atoms with Crippen LogP contribution >= 0.6 is 0 Å². The van der Waals surface area contributed by atoms with Gasteiger partial charge in [-0.3, -0.25) is 0 Å². The summed E-state index contributed by atoms with van der Waals surface area (Å²) < 4.78 is 19.5. The molecule has 0 unspecified atom stereocenters. The lowest BCUT2D eigenvalue weighted by Gasteiger charge is -2.28. The predicted molar refractivity (Wildman–Crippen MR) is 312 cm³/mol. The van der Waals surface area contributed by atoms with E-state index in [2.05, 4.69) is 197 Å². The lowest BCUT2D eigenvalue weighted by molar-refractivity contribution is 0.399. The maximum atomic E-state index is 12.7. The molecule has 0 fully saturated rings. The number of hydrogen-bond acceptors (Lipinski definition) is 6. The van der Waals surface area contributed by atoms with E-state index >= 15 is 0 Å². The van der Waals surface area contributed by atoms with Gasteiger partial charge in [0.05, 0.1) is 21.3 Å². The van der Waals surface area contributed by atoms with E-state index in [0.717, 1.165) is 112 Å². The molecule has 0 spiro atoms. The van der Waals surface area contributed by atoms with E-state index in [4.69, 9.17) is 14.2 Å². The van der Waals surface area contributed by atoms with Crippen molar-refractivity contribution in [2.45, 2.75) is 196 Å². The average molecular weight is 1020 g/mol. The maximum Gasteiger partial charge on any atom is 0.125 e. The van der Waals surface area contributed by atoms with Crippen molar-refractivity contribution in [2.24, 2.45) is 0 Å². The highest BCUT2D eigenvalue weighted by Gasteiger charge is 2.30. The molecule has 6 nitrogen and oxygen atoms in total. The number of phenols is 3. The third kappa shape index (κ3) is 12.2. The van der Waals surface area contributed by atoms with E-state index in [1.807, 2.05) is 0 Å². The monoisotopic (exact) mass is 1010 g/mol. The van der Waals surface area contributed by atoms with Crippen LogP contribution in [0, 0.1) is 0 Å². The van der Waals surface area contributed by atoms with Crippen LogP contribution in [0.25, 0.3) is 0 Å². The van der Waals surface area contributed by atoms with Crippen molar-refractivity contribution in [3.63, 3.8) is 0 Å². The molecule has 6 aromatic carbocycles. The van der Waals surface area contributed by atoms with Gasteiger partial charge in [-0.1, -0.05) is 197 Å². The highest BCUT2D eigenvalue weighted by atomic mass is 16.5. The first-order valence-electron chi connectivity index (χ1n) is 27.2. The Balaban J connectivity index is 1.62. The van der Waals surface area contributed by atoms with Crippen LogP contribution in [0.2, 0.25) is 0 Å². The van der Waals surface area contributed by atoms with Crippen LogP contribution in [-0.4, -0.2) is 36.6 Å². The molecule has 6 heteroatoms. The zero-order chi connectivity index (χ0) is 55.7. The fourth-order valence-corrected chi connectivity index (χ4v) is 10.8. The molecule has 12 bridgehead atoms. The smallest absolute Gasteiger partial charge is 0.125 e. The van der Waals surface area contributed by atoms with Crippen molar-refractivity contribution in [1.82, 2.24) is 0 Å². The van der Waals surface area contributed by atoms with Crippen molar-refractivity contribution < 1.29 is 29.5 Å². The highest BCUT2D eigenvalue weighted by Crippen LogP contribution is 2.45. The lowest BCUT2D eigenvalue weighted by Crippen LogP contribution is -2.16. The fourth-order valence-electron chi connectivity index (χ4n) is 10.8. The molecule has 0 saturated heterocycles.